The van der Waals surface area contributed by atoms with Crippen molar-refractivity contribution < 1.29 is 36.7 Å². The van der Waals surface area contributed by atoms with Crippen molar-refractivity contribution >= 4 is 33.4 Å². The SMILES string of the molecule is CO[Si](CC12C3CC(P4(=O)Oc5ccccc5-c5ccccc54)C1C1C(=O)OC(=O)C1C32)(OC)OC. The molecule has 0 amide bonds. The highest BCUT2D eigenvalue weighted by atomic mass is 31.2. The second-order valence-electron chi connectivity index (χ2n) is 10.5. The van der Waals surface area contributed by atoms with E-state index in [9.17, 15) is 9.59 Å². The molecule has 3 saturated carbocycles. The van der Waals surface area contributed by atoms with Gasteiger partial charge in [0.15, 0.2) is 0 Å². The largest absolute Gasteiger partial charge is 0.500 e. The van der Waals surface area contributed by atoms with E-state index in [1.807, 2.05) is 48.5 Å². The monoisotopic (exact) mass is 526 g/mol. The van der Waals surface area contributed by atoms with Gasteiger partial charge in [-0.25, -0.2) is 0 Å². The number of esters is 2. The van der Waals surface area contributed by atoms with Gasteiger partial charge in [0.05, 0.1) is 22.8 Å². The molecule has 8 nitrogen and oxygen atoms in total. The van der Waals surface area contributed by atoms with Crippen molar-refractivity contribution in [1.29, 1.82) is 0 Å². The van der Waals surface area contributed by atoms with Gasteiger partial charge in [0.1, 0.15) is 5.75 Å². The molecule has 8 atom stereocenters. The van der Waals surface area contributed by atoms with Crippen molar-refractivity contribution in [3.05, 3.63) is 48.5 Å². The Hall–Kier alpha value is -2.29. The smallest absolute Gasteiger partial charge is 0.439 e. The van der Waals surface area contributed by atoms with Gasteiger partial charge < -0.3 is 22.5 Å². The fourth-order valence-corrected chi connectivity index (χ4v) is 14.0. The molecule has 8 unspecified atom stereocenters. The van der Waals surface area contributed by atoms with Crippen molar-refractivity contribution in [2.45, 2.75) is 18.1 Å². The van der Waals surface area contributed by atoms with Crippen LogP contribution in [-0.4, -0.2) is 47.7 Å². The van der Waals surface area contributed by atoms with E-state index in [4.69, 9.17) is 22.5 Å². The molecule has 1 saturated heterocycles. The highest BCUT2D eigenvalue weighted by Gasteiger charge is 2.89. The Kier molecular flexibility index (Phi) is 4.69. The van der Waals surface area contributed by atoms with E-state index in [-0.39, 0.29) is 17.8 Å². The summed E-state index contributed by atoms with van der Waals surface area (Å²) in [5.41, 5.74) is 0.928. The maximum atomic E-state index is 15.1. The Bertz CT molecular complexity index is 1350. The molecule has 36 heavy (non-hydrogen) atoms. The number of hydrogen-bond acceptors (Lipinski definition) is 8. The molecule has 0 spiro atoms. The number of ether oxygens (including phenoxy) is 1. The number of carbonyl (C=O) groups is 2. The Balaban J connectivity index is 1.38. The molecule has 0 radical (unpaired) electrons. The van der Waals surface area contributed by atoms with E-state index in [2.05, 4.69) is 0 Å². The van der Waals surface area contributed by atoms with Gasteiger partial charge in [-0.05, 0) is 47.3 Å². The highest BCUT2D eigenvalue weighted by molar-refractivity contribution is 7.68. The molecule has 4 fully saturated rings. The third-order valence-corrected chi connectivity index (χ3v) is 15.5. The first kappa shape index (κ1) is 22.9. The lowest BCUT2D eigenvalue weighted by atomic mass is 9.83. The molecule has 0 bridgehead atoms. The van der Waals surface area contributed by atoms with Crippen LogP contribution in [0.15, 0.2) is 48.5 Å². The zero-order valence-electron chi connectivity index (χ0n) is 20.2. The minimum atomic E-state index is -3.49. The minimum Gasteiger partial charge on any atom is -0.439 e. The summed E-state index contributed by atoms with van der Waals surface area (Å²) in [5.74, 6) is -1.84. The van der Waals surface area contributed by atoms with E-state index in [0.717, 1.165) is 11.1 Å². The Labute approximate surface area is 210 Å². The zero-order chi connectivity index (χ0) is 25.0. The van der Waals surface area contributed by atoms with Crippen LogP contribution < -0.4 is 9.83 Å². The zero-order valence-corrected chi connectivity index (χ0v) is 22.1. The molecular weight excluding hydrogens is 499 g/mol. The van der Waals surface area contributed by atoms with Crippen LogP contribution in [0.4, 0.5) is 0 Å². The van der Waals surface area contributed by atoms with Crippen molar-refractivity contribution in [3.63, 3.8) is 0 Å². The molecule has 0 N–H and O–H groups in total. The topological polar surface area (TPSA) is 97.4 Å². The maximum Gasteiger partial charge on any atom is 0.500 e. The number of rotatable bonds is 6. The Morgan fingerprint density at radius 2 is 1.53 bits per heavy atom. The van der Waals surface area contributed by atoms with Gasteiger partial charge in [0.2, 0.25) is 0 Å². The fourth-order valence-electron chi connectivity index (χ4n) is 8.34. The third-order valence-electron chi connectivity index (χ3n) is 9.62. The van der Waals surface area contributed by atoms with Crippen molar-refractivity contribution in [2.24, 2.45) is 35.0 Å². The number of cyclic esters (lactones) is 2. The van der Waals surface area contributed by atoms with Crippen molar-refractivity contribution in [3.8, 4) is 16.9 Å². The van der Waals surface area contributed by atoms with E-state index < -0.39 is 51.0 Å². The van der Waals surface area contributed by atoms with Crippen LogP contribution in [0.1, 0.15) is 6.42 Å². The van der Waals surface area contributed by atoms with Gasteiger partial charge in [-0.3, -0.25) is 14.2 Å². The van der Waals surface area contributed by atoms with E-state index >= 15 is 4.57 Å². The number of hydrogen-bond donors (Lipinski definition) is 0. The molecule has 5 aliphatic rings. The average molecular weight is 527 g/mol. The van der Waals surface area contributed by atoms with E-state index in [1.54, 1.807) is 21.3 Å². The summed E-state index contributed by atoms with van der Waals surface area (Å²) >= 11 is 0. The molecule has 3 aliphatic carbocycles. The summed E-state index contributed by atoms with van der Waals surface area (Å²) < 4.78 is 44.1. The second kappa shape index (κ2) is 7.39. The number of para-hydroxylation sites is 1. The van der Waals surface area contributed by atoms with Crippen LogP contribution in [0, 0.1) is 35.0 Å². The van der Waals surface area contributed by atoms with Crippen LogP contribution in [0.25, 0.3) is 11.1 Å². The lowest BCUT2D eigenvalue weighted by Gasteiger charge is -2.38. The van der Waals surface area contributed by atoms with Gasteiger partial charge in [0.25, 0.3) is 7.37 Å². The summed E-state index contributed by atoms with van der Waals surface area (Å²) in [6, 6.07) is 15.7. The Morgan fingerprint density at radius 3 is 2.22 bits per heavy atom. The molecular formula is C26H27O8PSi. The summed E-state index contributed by atoms with van der Waals surface area (Å²) in [6.07, 6.45) is 0.609. The quantitative estimate of drug-likeness (QED) is 0.244. The fraction of sp³-hybridized carbons (Fsp3) is 0.462. The predicted octanol–water partition coefficient (Wildman–Crippen LogP) is 3.48. The maximum absolute atomic E-state index is 15.1. The van der Waals surface area contributed by atoms with Gasteiger partial charge in [-0.2, -0.15) is 0 Å². The first-order valence-corrected chi connectivity index (χ1v) is 15.9. The van der Waals surface area contributed by atoms with E-state index in [0.29, 0.717) is 23.5 Å². The Morgan fingerprint density at radius 1 is 0.917 bits per heavy atom. The van der Waals surface area contributed by atoms with Crippen LogP contribution in [-0.2, 0) is 32.2 Å². The first-order chi connectivity index (χ1) is 17.3. The molecule has 0 aromatic heterocycles. The summed E-state index contributed by atoms with van der Waals surface area (Å²) in [6.45, 7) is 0. The lowest BCUT2D eigenvalue weighted by Crippen LogP contribution is -2.47. The number of benzene rings is 2. The second-order valence-corrected chi connectivity index (χ2v) is 16.0. The average Bonchev–Trinajstić information content (AvgIpc) is 3.08. The van der Waals surface area contributed by atoms with Crippen LogP contribution >= 0.6 is 7.37 Å². The van der Waals surface area contributed by atoms with Crippen molar-refractivity contribution in [1.82, 2.24) is 0 Å². The molecule has 10 heteroatoms. The van der Waals surface area contributed by atoms with Gasteiger partial charge in [-0.1, -0.05) is 36.4 Å². The molecule has 2 aliphatic heterocycles. The third kappa shape index (κ3) is 2.58. The van der Waals surface area contributed by atoms with Crippen LogP contribution in [0.3, 0.4) is 0 Å². The molecule has 188 valence electrons. The van der Waals surface area contributed by atoms with Gasteiger partial charge in [0, 0.05) is 32.9 Å². The summed E-state index contributed by atoms with van der Waals surface area (Å²) in [4.78, 5) is 25.9. The lowest BCUT2D eigenvalue weighted by molar-refractivity contribution is -0.155. The summed E-state index contributed by atoms with van der Waals surface area (Å²) in [5, 5.41) is 0.677. The van der Waals surface area contributed by atoms with Gasteiger partial charge >= 0.3 is 20.7 Å². The first-order valence-electron chi connectivity index (χ1n) is 12.2. The predicted molar refractivity (Wildman–Crippen MR) is 131 cm³/mol. The standard InChI is InChI=1S/C26H27O8PSi/c1-30-36(31-2,32-3)13-26-16-12-19(23(26)21-20(22(16)26)24(27)33-25(21)28)35(29)18-11-7-5-9-15(18)14-8-4-6-10-17(14)34-35/h4-11,16,19-23H,12-13H2,1-3H3. The molecule has 2 aromatic carbocycles. The minimum absolute atomic E-state index is 0.0334. The number of fused-ring (bicyclic) bond motifs is 7. The molecule has 2 heterocycles. The highest BCUT2D eigenvalue weighted by Crippen LogP contribution is 2.88. The summed E-state index contributed by atoms with van der Waals surface area (Å²) in [7, 11) is -1.85. The van der Waals surface area contributed by atoms with Gasteiger partial charge in [-0.15, -0.1) is 0 Å². The molecule has 2 aromatic rings. The van der Waals surface area contributed by atoms with Crippen LogP contribution in [0.5, 0.6) is 5.75 Å². The molecule has 7 rings (SSSR count). The van der Waals surface area contributed by atoms with Crippen LogP contribution in [0.2, 0.25) is 6.04 Å². The number of carbonyl (C=O) groups excluding carboxylic acids is 2. The van der Waals surface area contributed by atoms with E-state index in [1.165, 1.54) is 0 Å². The normalized spacial score (nSPS) is 39.1. The van der Waals surface area contributed by atoms with Crippen molar-refractivity contribution in [2.75, 3.05) is 21.3 Å².